The van der Waals surface area contributed by atoms with Crippen molar-refractivity contribution in [2.75, 3.05) is 11.9 Å². The first kappa shape index (κ1) is 20.5. The lowest BCUT2D eigenvalue weighted by Crippen LogP contribution is -2.40. The number of carbonyl (C=O) groups is 3. The molecule has 0 aliphatic carbocycles. The van der Waals surface area contributed by atoms with Gasteiger partial charge in [-0.3, -0.25) is 9.59 Å². The van der Waals surface area contributed by atoms with Crippen molar-refractivity contribution in [1.82, 2.24) is 16.0 Å². The average Bonchev–Trinajstić information content (AvgIpc) is 2.44. The number of benzene rings is 1. The highest BCUT2D eigenvalue weighted by molar-refractivity contribution is 5.97. The highest BCUT2D eigenvalue weighted by atomic mass is 16.2. The number of nitrogens with one attached hydrogen (secondary N) is 4. The Morgan fingerprint density at radius 1 is 1.12 bits per heavy atom. The van der Waals surface area contributed by atoms with Crippen molar-refractivity contribution in [3.05, 3.63) is 29.8 Å². The third-order valence-corrected chi connectivity index (χ3v) is 2.96. The number of amides is 4. The topological polar surface area (TPSA) is 99.3 Å². The van der Waals surface area contributed by atoms with Crippen LogP contribution in [-0.2, 0) is 4.79 Å². The fourth-order valence-corrected chi connectivity index (χ4v) is 2.01. The molecule has 0 heterocycles. The van der Waals surface area contributed by atoms with Crippen LogP contribution in [0.5, 0.6) is 0 Å². The van der Waals surface area contributed by atoms with Crippen LogP contribution in [0.3, 0.4) is 0 Å². The quantitative estimate of drug-likeness (QED) is 0.634. The molecule has 1 aromatic carbocycles. The molecule has 1 aromatic rings. The second-order valence-corrected chi connectivity index (χ2v) is 7.14. The summed E-state index contributed by atoms with van der Waals surface area (Å²) >= 11 is 0. The molecule has 0 aliphatic heterocycles. The molecular weight excluding hydrogens is 320 g/mol. The van der Waals surface area contributed by atoms with Gasteiger partial charge in [-0.15, -0.1) is 0 Å². The van der Waals surface area contributed by atoms with Gasteiger partial charge in [0.25, 0.3) is 5.91 Å². The van der Waals surface area contributed by atoms with Crippen LogP contribution in [0.2, 0.25) is 0 Å². The number of hydrogen-bond acceptors (Lipinski definition) is 3. The minimum absolute atomic E-state index is 0.0725. The third kappa shape index (κ3) is 8.74. The smallest absolute Gasteiger partial charge is 0.319 e. The van der Waals surface area contributed by atoms with E-state index in [0.29, 0.717) is 11.3 Å². The fraction of sp³-hybridized carbons (Fsp3) is 0.500. The van der Waals surface area contributed by atoms with Gasteiger partial charge in [0.15, 0.2) is 0 Å². The Labute approximate surface area is 148 Å². The van der Waals surface area contributed by atoms with Crippen molar-refractivity contribution in [2.24, 2.45) is 0 Å². The van der Waals surface area contributed by atoms with Crippen LogP contribution >= 0.6 is 0 Å². The van der Waals surface area contributed by atoms with Crippen molar-refractivity contribution >= 4 is 23.5 Å². The molecule has 4 N–H and O–H groups in total. The minimum atomic E-state index is -0.425. The molecule has 0 aliphatic rings. The van der Waals surface area contributed by atoms with Crippen molar-refractivity contribution in [3.8, 4) is 0 Å². The van der Waals surface area contributed by atoms with Gasteiger partial charge in [0.2, 0.25) is 5.91 Å². The summed E-state index contributed by atoms with van der Waals surface area (Å²) in [6.45, 7) is 9.68. The normalized spacial score (nSPS) is 11.0. The third-order valence-electron chi connectivity index (χ3n) is 2.96. The second-order valence-electron chi connectivity index (χ2n) is 7.14. The van der Waals surface area contributed by atoms with Crippen LogP contribution in [-0.4, -0.2) is 36.0 Å². The summed E-state index contributed by atoms with van der Waals surface area (Å²) in [5, 5.41) is 10.9. The molecule has 0 fully saturated rings. The maximum atomic E-state index is 12.1. The van der Waals surface area contributed by atoms with Gasteiger partial charge in [0.1, 0.15) is 0 Å². The van der Waals surface area contributed by atoms with Gasteiger partial charge in [-0.1, -0.05) is 6.07 Å². The lowest BCUT2D eigenvalue weighted by atomic mass is 10.1. The summed E-state index contributed by atoms with van der Waals surface area (Å²) in [5.74, 6) is -0.321. The molecular formula is C18H28N4O3. The predicted molar refractivity (Wildman–Crippen MR) is 98.6 cm³/mol. The van der Waals surface area contributed by atoms with Crippen LogP contribution in [0.4, 0.5) is 10.5 Å². The zero-order chi connectivity index (χ0) is 19.0. The zero-order valence-electron chi connectivity index (χ0n) is 15.5. The van der Waals surface area contributed by atoms with Gasteiger partial charge in [-0.05, 0) is 52.8 Å². The van der Waals surface area contributed by atoms with E-state index in [2.05, 4.69) is 21.3 Å². The van der Waals surface area contributed by atoms with Crippen molar-refractivity contribution < 1.29 is 14.4 Å². The first-order chi connectivity index (χ1) is 11.6. The fourth-order valence-electron chi connectivity index (χ4n) is 2.01. The first-order valence-electron chi connectivity index (χ1n) is 8.33. The molecule has 7 heteroatoms. The molecule has 0 radical (unpaired) electrons. The van der Waals surface area contributed by atoms with E-state index in [-0.39, 0.29) is 36.4 Å². The SMILES string of the molecule is CC(C)NC(=O)CCNC(=O)Nc1cccc(C(=O)NC(C)(C)C)c1. The maximum Gasteiger partial charge on any atom is 0.319 e. The van der Waals surface area contributed by atoms with Crippen LogP contribution in [0.15, 0.2) is 24.3 Å². The molecule has 0 atom stereocenters. The molecule has 7 nitrogen and oxygen atoms in total. The lowest BCUT2D eigenvalue weighted by Gasteiger charge is -2.20. The highest BCUT2D eigenvalue weighted by Gasteiger charge is 2.15. The molecule has 25 heavy (non-hydrogen) atoms. The van der Waals surface area contributed by atoms with Crippen LogP contribution in [0.1, 0.15) is 51.4 Å². The number of urea groups is 1. The number of carbonyl (C=O) groups excluding carboxylic acids is 3. The summed E-state index contributed by atoms with van der Waals surface area (Å²) in [6, 6.07) is 6.32. The Bertz CT molecular complexity index is 621. The van der Waals surface area contributed by atoms with E-state index in [1.165, 1.54) is 0 Å². The Hall–Kier alpha value is -2.57. The average molecular weight is 348 g/mol. The molecule has 4 amide bonds. The lowest BCUT2D eigenvalue weighted by molar-refractivity contribution is -0.121. The zero-order valence-corrected chi connectivity index (χ0v) is 15.5. The number of anilines is 1. The van der Waals surface area contributed by atoms with E-state index in [9.17, 15) is 14.4 Å². The Morgan fingerprint density at radius 3 is 2.40 bits per heavy atom. The Kier molecular flexibility index (Phi) is 7.42. The van der Waals surface area contributed by atoms with E-state index in [4.69, 9.17) is 0 Å². The molecule has 1 rings (SSSR count). The summed E-state index contributed by atoms with van der Waals surface area (Å²) in [7, 11) is 0. The standard InChI is InChI=1S/C18H28N4O3/c1-12(2)20-15(23)9-10-19-17(25)21-14-8-6-7-13(11-14)16(24)22-18(3,4)5/h6-8,11-12H,9-10H2,1-5H3,(H,20,23)(H,22,24)(H2,19,21,25). The second kappa shape index (κ2) is 9.05. The largest absolute Gasteiger partial charge is 0.354 e. The Balaban J connectivity index is 2.51. The molecule has 0 saturated carbocycles. The van der Waals surface area contributed by atoms with Gasteiger partial charge in [0, 0.05) is 35.8 Å². The molecule has 0 spiro atoms. The van der Waals surface area contributed by atoms with E-state index < -0.39 is 6.03 Å². The van der Waals surface area contributed by atoms with Crippen molar-refractivity contribution in [3.63, 3.8) is 0 Å². The molecule has 0 saturated heterocycles. The van der Waals surface area contributed by atoms with Crippen molar-refractivity contribution in [2.45, 2.75) is 52.6 Å². The van der Waals surface area contributed by atoms with E-state index in [1.807, 2.05) is 34.6 Å². The number of hydrogen-bond donors (Lipinski definition) is 4. The van der Waals surface area contributed by atoms with Gasteiger partial charge in [-0.25, -0.2) is 4.79 Å². The highest BCUT2D eigenvalue weighted by Crippen LogP contribution is 2.12. The summed E-state index contributed by atoms with van der Waals surface area (Å²) in [6.07, 6.45) is 0.208. The predicted octanol–water partition coefficient (Wildman–Crippen LogP) is 2.25. The molecule has 0 bridgehead atoms. The minimum Gasteiger partial charge on any atom is -0.354 e. The molecule has 138 valence electrons. The van der Waals surface area contributed by atoms with E-state index in [1.54, 1.807) is 24.3 Å². The number of rotatable bonds is 6. The van der Waals surface area contributed by atoms with E-state index in [0.717, 1.165) is 0 Å². The van der Waals surface area contributed by atoms with Gasteiger partial charge >= 0.3 is 6.03 Å². The first-order valence-corrected chi connectivity index (χ1v) is 8.33. The van der Waals surface area contributed by atoms with Crippen LogP contribution in [0.25, 0.3) is 0 Å². The molecule has 0 aromatic heterocycles. The Morgan fingerprint density at radius 2 is 1.80 bits per heavy atom. The van der Waals surface area contributed by atoms with Gasteiger partial charge in [0.05, 0.1) is 0 Å². The van der Waals surface area contributed by atoms with Crippen molar-refractivity contribution in [1.29, 1.82) is 0 Å². The van der Waals surface area contributed by atoms with Crippen LogP contribution in [0, 0.1) is 0 Å². The van der Waals surface area contributed by atoms with Crippen LogP contribution < -0.4 is 21.3 Å². The summed E-state index contributed by atoms with van der Waals surface area (Å²) in [5.41, 5.74) is 0.629. The van der Waals surface area contributed by atoms with E-state index >= 15 is 0 Å². The maximum absolute atomic E-state index is 12.1. The summed E-state index contributed by atoms with van der Waals surface area (Å²) < 4.78 is 0. The van der Waals surface area contributed by atoms with Gasteiger partial charge in [-0.2, -0.15) is 0 Å². The monoisotopic (exact) mass is 348 g/mol. The molecule has 0 unspecified atom stereocenters. The summed E-state index contributed by atoms with van der Waals surface area (Å²) in [4.78, 5) is 35.5. The van der Waals surface area contributed by atoms with Gasteiger partial charge < -0.3 is 21.3 Å².